The summed E-state index contributed by atoms with van der Waals surface area (Å²) in [7, 11) is 0. The second-order valence-electron chi connectivity index (χ2n) is 6.85. The molecule has 2 aliphatic carbocycles. The first-order valence-corrected chi connectivity index (χ1v) is 8.79. The Bertz CT molecular complexity index is 630. The van der Waals surface area contributed by atoms with Crippen LogP contribution in [0.5, 0.6) is 0 Å². The van der Waals surface area contributed by atoms with E-state index in [9.17, 15) is 15.0 Å². The Morgan fingerprint density at radius 1 is 1.28 bits per heavy atom. The van der Waals surface area contributed by atoms with Gasteiger partial charge in [0.2, 0.25) is 0 Å². The molecule has 1 aromatic rings. The quantitative estimate of drug-likeness (QED) is 0.404. The van der Waals surface area contributed by atoms with Gasteiger partial charge in [0.1, 0.15) is 0 Å². The van der Waals surface area contributed by atoms with Crippen LogP contribution in [0.1, 0.15) is 43.8 Å². The Kier molecular flexibility index (Phi) is 5.73. The van der Waals surface area contributed by atoms with Crippen molar-refractivity contribution < 1.29 is 25.0 Å². The summed E-state index contributed by atoms with van der Waals surface area (Å²) in [5, 5.41) is 29.2. The molecule has 4 N–H and O–H groups in total. The number of carboxylic acids is 1. The number of aliphatic hydroxyl groups is 2. The summed E-state index contributed by atoms with van der Waals surface area (Å²) in [4.78, 5) is 15.6. The molecule has 25 heavy (non-hydrogen) atoms. The SMILES string of the molecule is O=C(O)CCONC1=C2CC(O)C(CCC(O)c3ccccc3)C2C1. The lowest BCUT2D eigenvalue weighted by molar-refractivity contribution is -0.138. The Hall–Kier alpha value is -1.89. The second-order valence-corrected chi connectivity index (χ2v) is 6.85. The van der Waals surface area contributed by atoms with Crippen molar-refractivity contribution in [2.45, 2.75) is 44.3 Å². The van der Waals surface area contributed by atoms with Crippen molar-refractivity contribution >= 4 is 5.97 Å². The van der Waals surface area contributed by atoms with Gasteiger partial charge in [0.15, 0.2) is 0 Å². The molecule has 1 fully saturated rings. The van der Waals surface area contributed by atoms with Crippen molar-refractivity contribution in [2.24, 2.45) is 11.8 Å². The number of aliphatic carboxylic acids is 1. The van der Waals surface area contributed by atoms with Crippen LogP contribution in [0.2, 0.25) is 0 Å². The molecule has 1 saturated carbocycles. The van der Waals surface area contributed by atoms with Gasteiger partial charge < -0.3 is 15.3 Å². The lowest BCUT2D eigenvalue weighted by Crippen LogP contribution is -2.30. The number of carboxylic acid groups (broad SMARTS) is 1. The molecule has 136 valence electrons. The van der Waals surface area contributed by atoms with Gasteiger partial charge in [-0.2, -0.15) is 0 Å². The molecule has 0 saturated heterocycles. The molecule has 0 aromatic heterocycles. The van der Waals surface area contributed by atoms with E-state index in [1.165, 1.54) is 5.57 Å². The zero-order chi connectivity index (χ0) is 17.8. The van der Waals surface area contributed by atoms with E-state index >= 15 is 0 Å². The third-order valence-corrected chi connectivity index (χ3v) is 5.27. The topological polar surface area (TPSA) is 99.0 Å². The highest BCUT2D eigenvalue weighted by molar-refractivity contribution is 5.66. The molecule has 0 heterocycles. The van der Waals surface area contributed by atoms with Gasteiger partial charge in [-0.1, -0.05) is 30.3 Å². The molecule has 0 spiro atoms. The maximum Gasteiger partial charge on any atom is 0.305 e. The molecule has 0 amide bonds. The van der Waals surface area contributed by atoms with Crippen molar-refractivity contribution in [2.75, 3.05) is 6.61 Å². The van der Waals surface area contributed by atoms with Crippen molar-refractivity contribution in [1.82, 2.24) is 5.48 Å². The largest absolute Gasteiger partial charge is 0.481 e. The summed E-state index contributed by atoms with van der Waals surface area (Å²) >= 11 is 0. The summed E-state index contributed by atoms with van der Waals surface area (Å²) in [6.45, 7) is 0.117. The van der Waals surface area contributed by atoms with Gasteiger partial charge in [0.05, 0.1) is 25.2 Å². The summed E-state index contributed by atoms with van der Waals surface area (Å²) in [6, 6.07) is 9.59. The van der Waals surface area contributed by atoms with E-state index in [1.807, 2.05) is 30.3 Å². The van der Waals surface area contributed by atoms with Crippen molar-refractivity contribution in [1.29, 1.82) is 0 Å². The lowest BCUT2D eigenvalue weighted by atomic mass is 9.77. The number of nitrogens with one attached hydrogen (secondary N) is 1. The normalized spacial score (nSPS) is 26.1. The van der Waals surface area contributed by atoms with Gasteiger partial charge >= 0.3 is 5.97 Å². The highest BCUT2D eigenvalue weighted by Crippen LogP contribution is 2.51. The van der Waals surface area contributed by atoms with Crippen molar-refractivity contribution in [3.8, 4) is 0 Å². The van der Waals surface area contributed by atoms with Gasteiger partial charge in [-0.25, -0.2) is 0 Å². The van der Waals surface area contributed by atoms with Gasteiger partial charge in [0, 0.05) is 5.70 Å². The Morgan fingerprint density at radius 2 is 2.04 bits per heavy atom. The zero-order valence-electron chi connectivity index (χ0n) is 14.1. The van der Waals surface area contributed by atoms with Crippen LogP contribution < -0.4 is 5.48 Å². The van der Waals surface area contributed by atoms with Crippen LogP contribution >= 0.6 is 0 Å². The van der Waals surface area contributed by atoms with Gasteiger partial charge in [0.25, 0.3) is 0 Å². The summed E-state index contributed by atoms with van der Waals surface area (Å²) < 4.78 is 0. The number of hydrogen-bond acceptors (Lipinski definition) is 5. The van der Waals surface area contributed by atoms with Gasteiger partial charge in [-0.3, -0.25) is 15.1 Å². The molecule has 4 atom stereocenters. The lowest BCUT2D eigenvalue weighted by Gasteiger charge is -2.32. The van der Waals surface area contributed by atoms with E-state index in [0.717, 1.165) is 24.1 Å². The first-order valence-electron chi connectivity index (χ1n) is 8.79. The predicted molar refractivity (Wildman–Crippen MR) is 91.2 cm³/mol. The number of benzene rings is 1. The summed E-state index contributed by atoms with van der Waals surface area (Å²) in [6.07, 6.45) is 1.92. The Balaban J connectivity index is 1.48. The smallest absolute Gasteiger partial charge is 0.305 e. The number of hydroxylamine groups is 1. The minimum Gasteiger partial charge on any atom is -0.481 e. The molecule has 0 aliphatic heterocycles. The molecule has 6 nitrogen and oxygen atoms in total. The minimum atomic E-state index is -0.890. The van der Waals surface area contributed by atoms with E-state index in [-0.39, 0.29) is 25.0 Å². The standard InChI is InChI=1S/C19H25NO5/c21-17(12-4-2-1-3-5-12)7-6-13-14-10-16(15(14)11-18(13)22)20-25-9-8-19(23)24/h1-5,13-14,17-18,20-22H,6-11H2,(H,23,24). The van der Waals surface area contributed by atoms with Crippen LogP contribution in [0.15, 0.2) is 41.6 Å². The number of allylic oxidation sites excluding steroid dienone is 1. The third-order valence-electron chi connectivity index (χ3n) is 5.27. The highest BCUT2D eigenvalue weighted by Gasteiger charge is 2.45. The van der Waals surface area contributed by atoms with Crippen LogP contribution in [-0.2, 0) is 9.63 Å². The van der Waals surface area contributed by atoms with E-state index in [2.05, 4.69) is 5.48 Å². The first kappa shape index (κ1) is 17.9. The molecular weight excluding hydrogens is 322 g/mol. The molecule has 0 radical (unpaired) electrons. The zero-order valence-corrected chi connectivity index (χ0v) is 14.1. The molecule has 3 rings (SSSR count). The number of rotatable bonds is 9. The molecule has 1 aromatic carbocycles. The summed E-state index contributed by atoms with van der Waals surface area (Å²) in [5.74, 6) is -0.388. The predicted octanol–water partition coefficient (Wildman–Crippen LogP) is 2.15. The maximum absolute atomic E-state index is 10.5. The van der Waals surface area contributed by atoms with E-state index in [0.29, 0.717) is 18.8 Å². The molecule has 6 heteroatoms. The van der Waals surface area contributed by atoms with E-state index in [4.69, 9.17) is 9.94 Å². The fourth-order valence-electron chi connectivity index (χ4n) is 3.87. The fourth-order valence-corrected chi connectivity index (χ4v) is 3.87. The number of aliphatic hydroxyl groups excluding tert-OH is 2. The summed E-state index contributed by atoms with van der Waals surface area (Å²) in [5.41, 5.74) is 5.90. The monoisotopic (exact) mass is 347 g/mol. The van der Waals surface area contributed by atoms with Crippen molar-refractivity contribution in [3.63, 3.8) is 0 Å². The average molecular weight is 347 g/mol. The van der Waals surface area contributed by atoms with Crippen LogP contribution in [0, 0.1) is 11.8 Å². The van der Waals surface area contributed by atoms with Crippen LogP contribution in [0.4, 0.5) is 0 Å². The second kappa shape index (κ2) is 7.99. The van der Waals surface area contributed by atoms with Crippen LogP contribution in [0.3, 0.4) is 0 Å². The van der Waals surface area contributed by atoms with E-state index in [1.54, 1.807) is 0 Å². The number of hydrogen-bond donors (Lipinski definition) is 4. The van der Waals surface area contributed by atoms with Crippen LogP contribution in [0.25, 0.3) is 0 Å². The number of carbonyl (C=O) groups is 1. The Labute approximate surface area is 147 Å². The van der Waals surface area contributed by atoms with Gasteiger partial charge in [-0.15, -0.1) is 0 Å². The minimum absolute atomic E-state index is 0.0400. The highest BCUT2D eigenvalue weighted by atomic mass is 16.6. The van der Waals surface area contributed by atoms with Crippen molar-refractivity contribution in [3.05, 3.63) is 47.2 Å². The average Bonchev–Trinajstić information content (AvgIpc) is 2.84. The number of fused-ring (bicyclic) bond motifs is 1. The molecule has 0 bridgehead atoms. The maximum atomic E-state index is 10.5. The van der Waals surface area contributed by atoms with E-state index < -0.39 is 12.1 Å². The third kappa shape index (κ3) is 4.21. The molecule has 2 aliphatic rings. The molecule has 4 unspecified atom stereocenters. The molecular formula is C19H25NO5. The van der Waals surface area contributed by atoms with Crippen LogP contribution in [-0.4, -0.2) is 34.0 Å². The fraction of sp³-hybridized carbons (Fsp3) is 0.526. The Morgan fingerprint density at radius 3 is 2.76 bits per heavy atom. The van der Waals surface area contributed by atoms with Gasteiger partial charge in [-0.05, 0) is 48.7 Å². The first-order chi connectivity index (χ1) is 12.1.